The molecule has 2 aromatic carbocycles. The van der Waals surface area contributed by atoms with Gasteiger partial charge in [-0.2, -0.15) is 0 Å². The van der Waals surface area contributed by atoms with Crippen LogP contribution in [0.4, 0.5) is 0 Å². The molecule has 3 rings (SSSR count). The molecule has 0 fully saturated rings. The van der Waals surface area contributed by atoms with Crippen LogP contribution in [-0.2, 0) is 11.2 Å². The molecular weight excluding hydrogens is 388 g/mol. The van der Waals surface area contributed by atoms with Crippen molar-refractivity contribution in [3.63, 3.8) is 0 Å². The number of primary amides is 1. The number of carbonyl (C=O) groups excluding carboxylic acids is 2. The second kappa shape index (κ2) is 8.44. The molecular formula is C22H24N2O6. The molecule has 2 aromatic rings. The number of ether oxygens (including phenoxy) is 3. The maximum atomic E-state index is 12.7. The van der Waals surface area contributed by atoms with E-state index in [0.717, 1.165) is 5.56 Å². The van der Waals surface area contributed by atoms with E-state index in [-0.39, 0.29) is 11.5 Å². The first-order valence-corrected chi connectivity index (χ1v) is 9.39. The first-order chi connectivity index (χ1) is 14.3. The molecule has 30 heavy (non-hydrogen) atoms. The summed E-state index contributed by atoms with van der Waals surface area (Å²) in [4.78, 5) is 36.3. The lowest BCUT2D eigenvalue weighted by Gasteiger charge is -2.19. The molecule has 158 valence electrons. The zero-order valence-corrected chi connectivity index (χ0v) is 17.3. The summed E-state index contributed by atoms with van der Waals surface area (Å²) < 4.78 is 16.7. The number of fused-ring (bicyclic) bond motifs is 3. The van der Waals surface area contributed by atoms with Gasteiger partial charge in [0.25, 0.3) is 5.91 Å². The first-order valence-electron chi connectivity index (χ1n) is 9.39. The van der Waals surface area contributed by atoms with Crippen LogP contribution in [0.2, 0.25) is 0 Å². The Labute approximate surface area is 173 Å². The second-order valence-corrected chi connectivity index (χ2v) is 6.96. The van der Waals surface area contributed by atoms with Crippen LogP contribution in [0.5, 0.6) is 17.2 Å². The second-order valence-electron chi connectivity index (χ2n) is 6.96. The van der Waals surface area contributed by atoms with Gasteiger partial charge in [0.2, 0.25) is 11.7 Å². The summed E-state index contributed by atoms with van der Waals surface area (Å²) in [6.45, 7) is 1.42. The van der Waals surface area contributed by atoms with Crippen molar-refractivity contribution in [3.8, 4) is 28.4 Å². The van der Waals surface area contributed by atoms with Gasteiger partial charge in [-0.05, 0) is 47.7 Å². The van der Waals surface area contributed by atoms with Gasteiger partial charge in [-0.25, -0.2) is 0 Å². The molecule has 0 spiro atoms. The molecule has 0 saturated carbocycles. The van der Waals surface area contributed by atoms with Crippen molar-refractivity contribution in [2.45, 2.75) is 25.8 Å². The van der Waals surface area contributed by atoms with Crippen LogP contribution in [-0.4, -0.2) is 33.1 Å². The summed E-state index contributed by atoms with van der Waals surface area (Å²) in [5.41, 5.74) is 7.56. The summed E-state index contributed by atoms with van der Waals surface area (Å²) in [5.74, 6) is 0.312. The molecule has 8 heteroatoms. The number of benzene rings is 1. The molecule has 0 radical (unpaired) electrons. The summed E-state index contributed by atoms with van der Waals surface area (Å²) in [6, 6.07) is 5.84. The average Bonchev–Trinajstić information content (AvgIpc) is 2.95. The molecule has 0 saturated heterocycles. The maximum Gasteiger partial charge on any atom is 0.252 e. The van der Waals surface area contributed by atoms with Gasteiger partial charge in [-0.1, -0.05) is 6.07 Å². The molecule has 0 aliphatic heterocycles. The Morgan fingerprint density at radius 2 is 1.77 bits per heavy atom. The molecule has 1 atom stereocenters. The van der Waals surface area contributed by atoms with E-state index in [4.69, 9.17) is 19.9 Å². The van der Waals surface area contributed by atoms with E-state index in [2.05, 4.69) is 5.32 Å². The molecule has 3 N–H and O–H groups in total. The Bertz CT molecular complexity index is 1080. The lowest BCUT2D eigenvalue weighted by Crippen LogP contribution is -2.27. The monoisotopic (exact) mass is 412 g/mol. The fourth-order valence-corrected chi connectivity index (χ4v) is 3.91. The highest BCUT2D eigenvalue weighted by molar-refractivity contribution is 5.93. The van der Waals surface area contributed by atoms with E-state index in [0.29, 0.717) is 46.8 Å². The predicted octanol–water partition coefficient (Wildman–Crippen LogP) is 1.96. The third kappa shape index (κ3) is 3.68. The van der Waals surface area contributed by atoms with Crippen LogP contribution in [0, 0.1) is 0 Å². The SMILES string of the molecule is COc1cc2c(c(OC)c1OC)-c1ccc(C(N)=O)c(=O)cc1C(NC(C)=O)CC2. The fraction of sp³-hybridized carbons (Fsp3) is 0.318. The molecule has 0 bridgehead atoms. The van der Waals surface area contributed by atoms with Crippen molar-refractivity contribution < 1.29 is 23.8 Å². The van der Waals surface area contributed by atoms with E-state index < -0.39 is 17.4 Å². The lowest BCUT2D eigenvalue weighted by atomic mass is 9.95. The molecule has 0 aromatic heterocycles. The highest BCUT2D eigenvalue weighted by Crippen LogP contribution is 2.50. The number of amides is 2. The van der Waals surface area contributed by atoms with Crippen LogP contribution < -0.4 is 30.7 Å². The first kappa shape index (κ1) is 21.2. The quantitative estimate of drug-likeness (QED) is 0.775. The number of hydrogen-bond acceptors (Lipinski definition) is 6. The number of methoxy groups -OCH3 is 3. The molecule has 1 unspecified atom stereocenters. The third-order valence-corrected chi connectivity index (χ3v) is 5.18. The van der Waals surface area contributed by atoms with Crippen LogP contribution >= 0.6 is 0 Å². The van der Waals surface area contributed by atoms with Crippen LogP contribution in [0.3, 0.4) is 0 Å². The Kier molecular flexibility index (Phi) is 5.96. The fourth-order valence-electron chi connectivity index (χ4n) is 3.91. The number of aryl methyl sites for hydroxylation is 1. The lowest BCUT2D eigenvalue weighted by molar-refractivity contribution is -0.119. The smallest absolute Gasteiger partial charge is 0.252 e. The summed E-state index contributed by atoms with van der Waals surface area (Å²) >= 11 is 0. The van der Waals surface area contributed by atoms with Crippen LogP contribution in [0.1, 0.15) is 40.9 Å². The Balaban J connectivity index is 2.44. The van der Waals surface area contributed by atoms with Gasteiger partial charge in [0.05, 0.1) is 32.9 Å². The standard InChI is InChI=1S/C22H24N2O6/c1-11(25)24-16-8-5-12-9-18(28-2)20(29-3)21(30-4)19(12)13-6-7-14(22(23)27)17(26)10-15(13)16/h6-7,9-10,16H,5,8H2,1-4H3,(H2,23,27)(H,24,25). The Morgan fingerprint density at radius 1 is 1.07 bits per heavy atom. The summed E-state index contributed by atoms with van der Waals surface area (Å²) in [6.07, 6.45) is 1.12. The number of carbonyl (C=O) groups is 2. The van der Waals surface area contributed by atoms with Crippen molar-refractivity contribution in [1.29, 1.82) is 0 Å². The van der Waals surface area contributed by atoms with E-state index in [1.807, 2.05) is 6.07 Å². The highest BCUT2D eigenvalue weighted by Gasteiger charge is 2.29. The van der Waals surface area contributed by atoms with Gasteiger partial charge in [0.15, 0.2) is 16.9 Å². The normalized spacial score (nSPS) is 14.6. The van der Waals surface area contributed by atoms with Gasteiger partial charge in [-0.3, -0.25) is 14.4 Å². The summed E-state index contributed by atoms with van der Waals surface area (Å²) in [5, 5.41) is 2.90. The predicted molar refractivity (Wildman–Crippen MR) is 111 cm³/mol. The number of nitrogens with two attached hydrogens (primary N) is 1. The van der Waals surface area contributed by atoms with Crippen LogP contribution in [0.15, 0.2) is 29.1 Å². The minimum Gasteiger partial charge on any atom is -0.493 e. The van der Waals surface area contributed by atoms with E-state index in [1.54, 1.807) is 6.07 Å². The number of nitrogens with one attached hydrogen (secondary N) is 1. The zero-order valence-electron chi connectivity index (χ0n) is 17.3. The van der Waals surface area contributed by atoms with E-state index >= 15 is 0 Å². The third-order valence-electron chi connectivity index (χ3n) is 5.18. The van der Waals surface area contributed by atoms with Crippen molar-refractivity contribution in [3.05, 3.63) is 51.2 Å². The van der Waals surface area contributed by atoms with Gasteiger partial charge in [-0.15, -0.1) is 0 Å². The molecule has 1 aliphatic carbocycles. The molecule has 2 amide bonds. The van der Waals surface area contributed by atoms with Crippen molar-refractivity contribution in [2.24, 2.45) is 5.73 Å². The maximum absolute atomic E-state index is 12.7. The Hall–Kier alpha value is -3.55. The topological polar surface area (TPSA) is 117 Å². The minimum absolute atomic E-state index is 0.134. The van der Waals surface area contributed by atoms with Gasteiger partial charge < -0.3 is 25.3 Å². The highest BCUT2D eigenvalue weighted by atomic mass is 16.5. The van der Waals surface area contributed by atoms with E-state index in [9.17, 15) is 14.4 Å². The van der Waals surface area contributed by atoms with Crippen molar-refractivity contribution >= 4 is 11.8 Å². The molecule has 0 heterocycles. The minimum atomic E-state index is -0.819. The zero-order chi connectivity index (χ0) is 22.0. The van der Waals surface area contributed by atoms with Crippen LogP contribution in [0.25, 0.3) is 11.1 Å². The number of hydrogen-bond donors (Lipinski definition) is 2. The summed E-state index contributed by atoms with van der Waals surface area (Å²) in [7, 11) is 4.57. The van der Waals surface area contributed by atoms with Crippen molar-refractivity contribution in [1.82, 2.24) is 5.32 Å². The van der Waals surface area contributed by atoms with Gasteiger partial charge in [0, 0.05) is 12.5 Å². The van der Waals surface area contributed by atoms with Gasteiger partial charge in [0.1, 0.15) is 0 Å². The van der Waals surface area contributed by atoms with Gasteiger partial charge >= 0.3 is 0 Å². The average molecular weight is 412 g/mol. The Morgan fingerprint density at radius 3 is 2.33 bits per heavy atom. The molecule has 8 nitrogen and oxygen atoms in total. The largest absolute Gasteiger partial charge is 0.493 e. The van der Waals surface area contributed by atoms with E-state index in [1.165, 1.54) is 40.4 Å². The molecule has 1 aliphatic rings. The van der Waals surface area contributed by atoms with Crippen molar-refractivity contribution in [2.75, 3.05) is 21.3 Å². The number of rotatable bonds is 5.